The highest BCUT2D eigenvalue weighted by Gasteiger charge is 2.06. The van der Waals surface area contributed by atoms with Crippen molar-refractivity contribution in [1.29, 1.82) is 0 Å². The first-order valence-electron chi connectivity index (χ1n) is 5.10. The predicted octanol–water partition coefficient (Wildman–Crippen LogP) is 0.562. The summed E-state index contributed by atoms with van der Waals surface area (Å²) in [6.45, 7) is 0. The average Bonchev–Trinajstić information content (AvgIpc) is 2.27. The molecular weight excluding hydrogens is 238 g/mol. The Labute approximate surface area is 100 Å². The van der Waals surface area contributed by atoms with Crippen molar-refractivity contribution in [1.82, 2.24) is 9.97 Å². The molecule has 18 heavy (non-hydrogen) atoms. The summed E-state index contributed by atoms with van der Waals surface area (Å²) in [6, 6.07) is 7.27. The number of hydrogen-bond donors (Lipinski definition) is 2. The molecular formula is C11H9N3O4. The molecule has 2 N–H and O–H groups in total. The first-order chi connectivity index (χ1) is 8.54. The van der Waals surface area contributed by atoms with Crippen molar-refractivity contribution in [2.75, 3.05) is 0 Å². The molecule has 1 aromatic heterocycles. The van der Waals surface area contributed by atoms with Gasteiger partial charge in [-0.2, -0.15) is 0 Å². The first-order valence-corrected chi connectivity index (χ1v) is 5.10. The lowest BCUT2D eigenvalue weighted by atomic mass is 10.1. The maximum absolute atomic E-state index is 11.1. The van der Waals surface area contributed by atoms with Crippen molar-refractivity contribution >= 4 is 5.69 Å². The van der Waals surface area contributed by atoms with Gasteiger partial charge in [-0.15, -0.1) is 0 Å². The fourth-order valence-electron chi connectivity index (χ4n) is 1.61. The molecule has 0 aliphatic heterocycles. The van der Waals surface area contributed by atoms with Gasteiger partial charge in [0.2, 0.25) is 0 Å². The molecule has 0 unspecified atom stereocenters. The molecule has 0 atom stereocenters. The molecule has 0 fully saturated rings. The van der Waals surface area contributed by atoms with Crippen LogP contribution in [-0.2, 0) is 6.42 Å². The molecule has 1 heterocycles. The fraction of sp³-hybridized carbons (Fsp3) is 0.0909. The molecule has 0 bridgehead atoms. The van der Waals surface area contributed by atoms with Gasteiger partial charge in [-0.05, 0) is 5.56 Å². The highest BCUT2D eigenvalue weighted by Crippen LogP contribution is 2.14. The zero-order chi connectivity index (χ0) is 13.1. The number of non-ortho nitro benzene ring substituents is 1. The van der Waals surface area contributed by atoms with E-state index >= 15 is 0 Å². The number of aromatic amines is 2. The minimum absolute atomic E-state index is 0.0281. The Hall–Kier alpha value is -2.70. The fourth-order valence-corrected chi connectivity index (χ4v) is 1.61. The molecule has 0 saturated carbocycles. The number of nitro benzene ring substituents is 1. The lowest BCUT2D eigenvalue weighted by Crippen LogP contribution is -2.23. The molecule has 0 radical (unpaired) electrons. The largest absolute Gasteiger partial charge is 0.325 e. The third-order valence-corrected chi connectivity index (χ3v) is 2.33. The number of aromatic nitrogens is 2. The van der Waals surface area contributed by atoms with Crippen LogP contribution < -0.4 is 11.2 Å². The molecule has 2 aromatic rings. The Morgan fingerprint density at radius 1 is 1.17 bits per heavy atom. The number of nitrogens with one attached hydrogen (secondary N) is 2. The maximum atomic E-state index is 11.1. The summed E-state index contributed by atoms with van der Waals surface area (Å²) < 4.78 is 0. The lowest BCUT2D eigenvalue weighted by Gasteiger charge is -2.01. The summed E-state index contributed by atoms with van der Waals surface area (Å²) in [4.78, 5) is 36.8. The van der Waals surface area contributed by atoms with Gasteiger partial charge >= 0.3 is 5.69 Å². The number of nitrogens with zero attached hydrogens (tertiary/aromatic N) is 1. The molecule has 2 rings (SSSR count). The van der Waals surface area contributed by atoms with Gasteiger partial charge in [0, 0.05) is 30.3 Å². The molecule has 92 valence electrons. The van der Waals surface area contributed by atoms with Crippen molar-refractivity contribution in [3.8, 4) is 0 Å². The quantitative estimate of drug-likeness (QED) is 0.610. The lowest BCUT2D eigenvalue weighted by molar-refractivity contribution is -0.384. The van der Waals surface area contributed by atoms with E-state index in [0.717, 1.165) is 0 Å². The smallest absolute Gasteiger partial charge is 0.311 e. The zero-order valence-electron chi connectivity index (χ0n) is 9.17. The van der Waals surface area contributed by atoms with E-state index < -0.39 is 16.2 Å². The van der Waals surface area contributed by atoms with Gasteiger partial charge in [0.15, 0.2) is 0 Å². The van der Waals surface area contributed by atoms with Crippen LogP contribution in [0.4, 0.5) is 5.69 Å². The van der Waals surface area contributed by atoms with E-state index in [-0.39, 0.29) is 12.1 Å². The van der Waals surface area contributed by atoms with Crippen molar-refractivity contribution in [2.45, 2.75) is 6.42 Å². The highest BCUT2D eigenvalue weighted by molar-refractivity contribution is 5.35. The monoisotopic (exact) mass is 247 g/mol. The van der Waals surface area contributed by atoms with E-state index in [1.807, 2.05) is 0 Å². The highest BCUT2D eigenvalue weighted by atomic mass is 16.6. The van der Waals surface area contributed by atoms with Gasteiger partial charge < -0.3 is 4.98 Å². The number of nitro groups is 1. The molecule has 0 amide bonds. The van der Waals surface area contributed by atoms with Crippen LogP contribution in [0.1, 0.15) is 11.3 Å². The van der Waals surface area contributed by atoms with Crippen molar-refractivity contribution in [3.63, 3.8) is 0 Å². The molecule has 0 aliphatic rings. The summed E-state index contributed by atoms with van der Waals surface area (Å²) in [5.41, 5.74) is -0.0727. The molecule has 7 heteroatoms. The summed E-state index contributed by atoms with van der Waals surface area (Å²) >= 11 is 0. The van der Waals surface area contributed by atoms with Gasteiger partial charge in [-0.3, -0.25) is 19.9 Å². The Bertz CT molecular complexity index is 673. The van der Waals surface area contributed by atoms with E-state index in [4.69, 9.17) is 0 Å². The normalized spacial score (nSPS) is 10.2. The molecule has 0 aliphatic carbocycles. The number of rotatable bonds is 3. The van der Waals surface area contributed by atoms with Crippen LogP contribution in [0.15, 0.2) is 39.9 Å². The minimum Gasteiger partial charge on any atom is -0.311 e. The van der Waals surface area contributed by atoms with Gasteiger partial charge in [0.25, 0.3) is 11.2 Å². The standard InChI is InChI=1S/C11H9N3O4/c15-10-6-8(12-11(16)13-10)4-7-2-1-3-9(5-7)14(17)18/h1-3,5-6H,4H2,(H2,12,13,15,16). The van der Waals surface area contributed by atoms with Crippen LogP contribution in [0.5, 0.6) is 0 Å². The van der Waals surface area contributed by atoms with Gasteiger partial charge in [0.05, 0.1) is 4.92 Å². The third kappa shape index (κ3) is 2.70. The van der Waals surface area contributed by atoms with Crippen LogP contribution in [0, 0.1) is 10.1 Å². The van der Waals surface area contributed by atoms with Crippen LogP contribution in [-0.4, -0.2) is 14.9 Å². The summed E-state index contributed by atoms with van der Waals surface area (Å²) in [6.07, 6.45) is 0.251. The molecule has 7 nitrogen and oxygen atoms in total. The van der Waals surface area contributed by atoms with E-state index in [9.17, 15) is 19.7 Å². The van der Waals surface area contributed by atoms with E-state index in [1.54, 1.807) is 12.1 Å². The second-order valence-corrected chi connectivity index (χ2v) is 3.72. The number of hydrogen-bond acceptors (Lipinski definition) is 4. The third-order valence-electron chi connectivity index (χ3n) is 2.33. The van der Waals surface area contributed by atoms with Gasteiger partial charge in [-0.25, -0.2) is 4.79 Å². The van der Waals surface area contributed by atoms with Crippen LogP contribution in [0.25, 0.3) is 0 Å². The maximum Gasteiger partial charge on any atom is 0.325 e. The SMILES string of the molecule is O=c1cc(Cc2cccc([N+](=O)[O-])c2)[nH]c(=O)[nH]1. The Balaban J connectivity index is 2.34. The van der Waals surface area contributed by atoms with Gasteiger partial charge in [0.1, 0.15) is 0 Å². The molecule has 0 spiro atoms. The van der Waals surface area contributed by atoms with Crippen molar-refractivity contribution < 1.29 is 4.92 Å². The second-order valence-electron chi connectivity index (χ2n) is 3.72. The summed E-state index contributed by atoms with van der Waals surface area (Å²) in [5, 5.41) is 10.6. The minimum atomic E-state index is -0.595. The van der Waals surface area contributed by atoms with Crippen molar-refractivity contribution in [3.05, 3.63) is 72.5 Å². The van der Waals surface area contributed by atoms with E-state index in [1.165, 1.54) is 18.2 Å². The van der Waals surface area contributed by atoms with E-state index in [0.29, 0.717) is 11.3 Å². The number of benzene rings is 1. The summed E-state index contributed by atoms with van der Waals surface area (Å²) in [7, 11) is 0. The first kappa shape index (κ1) is 11.8. The van der Waals surface area contributed by atoms with Crippen LogP contribution in [0.3, 0.4) is 0 Å². The Morgan fingerprint density at radius 3 is 2.61 bits per heavy atom. The Kier molecular flexibility index (Phi) is 3.05. The van der Waals surface area contributed by atoms with Gasteiger partial charge in [-0.1, -0.05) is 12.1 Å². The second kappa shape index (κ2) is 4.66. The number of H-pyrrole nitrogens is 2. The van der Waals surface area contributed by atoms with E-state index in [2.05, 4.69) is 9.97 Å². The summed E-state index contributed by atoms with van der Waals surface area (Å²) in [5.74, 6) is 0. The average molecular weight is 247 g/mol. The predicted molar refractivity (Wildman–Crippen MR) is 63.6 cm³/mol. The van der Waals surface area contributed by atoms with Crippen molar-refractivity contribution in [2.24, 2.45) is 0 Å². The van der Waals surface area contributed by atoms with Crippen LogP contribution >= 0.6 is 0 Å². The molecule has 0 saturated heterocycles. The zero-order valence-corrected chi connectivity index (χ0v) is 9.17. The topological polar surface area (TPSA) is 109 Å². The molecule has 1 aromatic carbocycles. The Morgan fingerprint density at radius 2 is 1.94 bits per heavy atom. The van der Waals surface area contributed by atoms with Crippen LogP contribution in [0.2, 0.25) is 0 Å².